The third-order valence-corrected chi connectivity index (χ3v) is 4.71. The first kappa shape index (κ1) is 19.7. The SMILES string of the molecule is CC(C)CNC(=O)COc1ccc(S(=O)(=O)Nc2ccc(F)cc2)cc1. The summed E-state index contributed by atoms with van der Waals surface area (Å²) in [7, 11) is -3.80. The van der Waals surface area contributed by atoms with E-state index < -0.39 is 15.8 Å². The number of anilines is 1. The molecule has 0 heterocycles. The summed E-state index contributed by atoms with van der Waals surface area (Å²) in [5, 5.41) is 2.72. The molecule has 0 aliphatic carbocycles. The average molecular weight is 380 g/mol. The number of halogens is 1. The number of carbonyl (C=O) groups excluding carboxylic acids is 1. The molecule has 0 unspecified atom stereocenters. The zero-order valence-electron chi connectivity index (χ0n) is 14.5. The van der Waals surface area contributed by atoms with Gasteiger partial charge in [0.25, 0.3) is 15.9 Å². The molecule has 1 amide bonds. The van der Waals surface area contributed by atoms with Crippen molar-refractivity contribution in [3.8, 4) is 5.75 Å². The van der Waals surface area contributed by atoms with Crippen LogP contribution in [0, 0.1) is 11.7 Å². The van der Waals surface area contributed by atoms with E-state index in [1.807, 2.05) is 13.8 Å². The number of amides is 1. The van der Waals surface area contributed by atoms with Crippen LogP contribution >= 0.6 is 0 Å². The van der Waals surface area contributed by atoms with Crippen molar-refractivity contribution in [1.82, 2.24) is 5.32 Å². The van der Waals surface area contributed by atoms with E-state index in [1.165, 1.54) is 48.5 Å². The molecule has 2 N–H and O–H groups in total. The first-order chi connectivity index (χ1) is 12.3. The molecular weight excluding hydrogens is 359 g/mol. The second-order valence-electron chi connectivity index (χ2n) is 6.07. The highest BCUT2D eigenvalue weighted by atomic mass is 32.2. The van der Waals surface area contributed by atoms with Gasteiger partial charge in [0.2, 0.25) is 0 Å². The van der Waals surface area contributed by atoms with Gasteiger partial charge in [0, 0.05) is 12.2 Å². The summed E-state index contributed by atoms with van der Waals surface area (Å²) >= 11 is 0. The van der Waals surface area contributed by atoms with Crippen LogP contribution in [0.1, 0.15) is 13.8 Å². The quantitative estimate of drug-likeness (QED) is 0.738. The Morgan fingerprint density at radius 3 is 2.27 bits per heavy atom. The van der Waals surface area contributed by atoms with Crippen LogP contribution in [0.25, 0.3) is 0 Å². The van der Waals surface area contributed by atoms with Crippen molar-refractivity contribution in [1.29, 1.82) is 0 Å². The maximum absolute atomic E-state index is 12.9. The van der Waals surface area contributed by atoms with Gasteiger partial charge in [-0.25, -0.2) is 12.8 Å². The van der Waals surface area contributed by atoms with E-state index in [2.05, 4.69) is 10.0 Å². The van der Waals surface area contributed by atoms with Crippen molar-refractivity contribution in [3.05, 3.63) is 54.3 Å². The van der Waals surface area contributed by atoms with Crippen molar-refractivity contribution in [2.45, 2.75) is 18.7 Å². The maximum atomic E-state index is 12.9. The highest BCUT2D eigenvalue weighted by molar-refractivity contribution is 7.92. The molecule has 0 aliphatic heterocycles. The molecule has 0 aromatic heterocycles. The second-order valence-corrected chi connectivity index (χ2v) is 7.75. The van der Waals surface area contributed by atoms with E-state index in [1.54, 1.807) is 0 Å². The van der Waals surface area contributed by atoms with Gasteiger partial charge in [-0.1, -0.05) is 13.8 Å². The van der Waals surface area contributed by atoms with E-state index in [-0.39, 0.29) is 23.1 Å². The summed E-state index contributed by atoms with van der Waals surface area (Å²) in [5.41, 5.74) is 0.258. The van der Waals surface area contributed by atoms with Crippen molar-refractivity contribution in [2.75, 3.05) is 17.9 Å². The van der Waals surface area contributed by atoms with Gasteiger partial charge in [-0.2, -0.15) is 0 Å². The molecule has 0 radical (unpaired) electrons. The smallest absolute Gasteiger partial charge is 0.261 e. The fourth-order valence-electron chi connectivity index (χ4n) is 1.96. The molecule has 8 heteroatoms. The Morgan fingerprint density at radius 1 is 1.08 bits per heavy atom. The van der Waals surface area contributed by atoms with Crippen LogP contribution in [-0.4, -0.2) is 27.5 Å². The molecule has 2 rings (SSSR count). The number of hydrogen-bond donors (Lipinski definition) is 2. The standard InChI is InChI=1S/C18H21FN2O4S/c1-13(2)11-20-18(22)12-25-16-7-9-17(10-8-16)26(23,24)21-15-5-3-14(19)4-6-15/h3-10,13,21H,11-12H2,1-2H3,(H,20,22). The Labute approximate surface area is 152 Å². The largest absolute Gasteiger partial charge is 0.484 e. The van der Waals surface area contributed by atoms with Crippen LogP contribution < -0.4 is 14.8 Å². The third-order valence-electron chi connectivity index (χ3n) is 3.31. The van der Waals surface area contributed by atoms with Crippen LogP contribution in [0.15, 0.2) is 53.4 Å². The molecular formula is C18H21FN2O4S. The monoisotopic (exact) mass is 380 g/mol. The number of ether oxygens (including phenoxy) is 1. The summed E-state index contributed by atoms with van der Waals surface area (Å²) in [6.07, 6.45) is 0. The minimum atomic E-state index is -3.80. The van der Waals surface area contributed by atoms with Gasteiger partial charge in [0.15, 0.2) is 6.61 Å². The normalized spacial score (nSPS) is 11.2. The highest BCUT2D eigenvalue weighted by Crippen LogP contribution is 2.19. The minimum Gasteiger partial charge on any atom is -0.484 e. The predicted octanol–water partition coefficient (Wildman–Crippen LogP) is 2.78. The van der Waals surface area contributed by atoms with E-state index in [0.29, 0.717) is 18.2 Å². The first-order valence-electron chi connectivity index (χ1n) is 8.04. The molecule has 26 heavy (non-hydrogen) atoms. The Morgan fingerprint density at radius 2 is 1.69 bits per heavy atom. The molecule has 140 valence electrons. The predicted molar refractivity (Wildman–Crippen MR) is 97.0 cm³/mol. The van der Waals surface area contributed by atoms with Gasteiger partial charge in [0.05, 0.1) is 4.90 Å². The number of benzene rings is 2. The topological polar surface area (TPSA) is 84.5 Å². The van der Waals surface area contributed by atoms with Crippen molar-refractivity contribution in [2.24, 2.45) is 5.92 Å². The number of nitrogens with one attached hydrogen (secondary N) is 2. The molecule has 2 aromatic rings. The van der Waals surface area contributed by atoms with Crippen molar-refractivity contribution in [3.63, 3.8) is 0 Å². The molecule has 0 saturated heterocycles. The average Bonchev–Trinajstić information content (AvgIpc) is 2.60. The number of carbonyl (C=O) groups is 1. The van der Waals surface area contributed by atoms with Gasteiger partial charge < -0.3 is 10.1 Å². The summed E-state index contributed by atoms with van der Waals surface area (Å²) < 4.78 is 45.2. The minimum absolute atomic E-state index is 0.0263. The molecule has 0 aliphatic rings. The van der Waals surface area contributed by atoms with Gasteiger partial charge in [-0.05, 0) is 54.4 Å². The lowest BCUT2D eigenvalue weighted by atomic mass is 10.2. The molecule has 6 nitrogen and oxygen atoms in total. The summed E-state index contributed by atoms with van der Waals surface area (Å²) in [6, 6.07) is 10.7. The lowest BCUT2D eigenvalue weighted by molar-refractivity contribution is -0.123. The number of sulfonamides is 1. The maximum Gasteiger partial charge on any atom is 0.261 e. The summed E-state index contributed by atoms with van der Waals surface area (Å²) in [6.45, 7) is 4.39. The van der Waals surface area contributed by atoms with Crippen LogP contribution in [-0.2, 0) is 14.8 Å². The molecule has 0 saturated carbocycles. The van der Waals surface area contributed by atoms with Gasteiger partial charge in [-0.15, -0.1) is 0 Å². The fraction of sp³-hybridized carbons (Fsp3) is 0.278. The van der Waals surface area contributed by atoms with E-state index >= 15 is 0 Å². The van der Waals surface area contributed by atoms with Crippen LogP contribution in [0.2, 0.25) is 0 Å². The Hall–Kier alpha value is -2.61. The van der Waals surface area contributed by atoms with E-state index in [9.17, 15) is 17.6 Å². The number of hydrogen-bond acceptors (Lipinski definition) is 4. The zero-order valence-corrected chi connectivity index (χ0v) is 15.3. The molecule has 2 aromatic carbocycles. The Bertz CT molecular complexity index is 834. The van der Waals surface area contributed by atoms with E-state index in [0.717, 1.165) is 0 Å². The van der Waals surface area contributed by atoms with Crippen molar-refractivity contribution >= 4 is 21.6 Å². The molecule has 0 bridgehead atoms. The Balaban J connectivity index is 1.95. The van der Waals surface area contributed by atoms with Gasteiger partial charge >= 0.3 is 0 Å². The van der Waals surface area contributed by atoms with Crippen LogP contribution in [0.5, 0.6) is 5.75 Å². The second kappa shape index (κ2) is 8.66. The van der Waals surface area contributed by atoms with Crippen molar-refractivity contribution < 1.29 is 22.3 Å². The highest BCUT2D eigenvalue weighted by Gasteiger charge is 2.14. The molecule has 0 spiro atoms. The van der Waals surface area contributed by atoms with Crippen LogP contribution in [0.4, 0.5) is 10.1 Å². The first-order valence-corrected chi connectivity index (χ1v) is 9.52. The number of rotatable bonds is 8. The third kappa shape index (κ3) is 6.03. The molecule has 0 fully saturated rings. The molecule has 0 atom stereocenters. The summed E-state index contributed by atoms with van der Waals surface area (Å²) in [5.74, 6) is 0.0303. The zero-order chi connectivity index (χ0) is 19.2. The summed E-state index contributed by atoms with van der Waals surface area (Å²) in [4.78, 5) is 11.6. The van der Waals surface area contributed by atoms with Crippen LogP contribution in [0.3, 0.4) is 0 Å². The Kier molecular flexibility index (Phi) is 6.57. The van der Waals surface area contributed by atoms with Gasteiger partial charge in [0.1, 0.15) is 11.6 Å². The van der Waals surface area contributed by atoms with Gasteiger partial charge in [-0.3, -0.25) is 9.52 Å². The van der Waals surface area contributed by atoms with E-state index in [4.69, 9.17) is 4.74 Å². The lowest BCUT2D eigenvalue weighted by Crippen LogP contribution is -2.31. The fourth-order valence-corrected chi connectivity index (χ4v) is 3.02. The lowest BCUT2D eigenvalue weighted by Gasteiger charge is -2.10.